The Morgan fingerprint density at radius 2 is 2.00 bits per heavy atom. The second-order valence-corrected chi connectivity index (χ2v) is 5.68. The first-order valence-corrected chi connectivity index (χ1v) is 7.24. The number of hydrogen-bond acceptors (Lipinski definition) is 4. The van der Waals surface area contributed by atoms with Gasteiger partial charge in [0.25, 0.3) is 0 Å². The van der Waals surface area contributed by atoms with Crippen molar-refractivity contribution in [3.05, 3.63) is 0 Å². The van der Waals surface area contributed by atoms with Crippen molar-refractivity contribution in [1.82, 2.24) is 10.4 Å². The van der Waals surface area contributed by atoms with Gasteiger partial charge in [0.2, 0.25) is 0 Å². The number of hydroxylamine groups is 2. The van der Waals surface area contributed by atoms with Gasteiger partial charge in [0, 0.05) is 13.1 Å². The number of nitrogens with zero attached hydrogens (tertiary/aromatic N) is 1. The Kier molecular flexibility index (Phi) is 4.78. The molecular formula is C11H20N2O2S. The highest BCUT2D eigenvalue weighted by atomic mass is 32.2. The van der Waals surface area contributed by atoms with Crippen molar-refractivity contribution in [2.24, 2.45) is 0 Å². The lowest BCUT2D eigenvalue weighted by atomic mass is 10.2. The molecule has 2 heterocycles. The third-order valence-electron chi connectivity index (χ3n) is 2.99. The van der Waals surface area contributed by atoms with Gasteiger partial charge in [0.1, 0.15) is 0 Å². The molecule has 4 nitrogen and oxygen atoms in total. The van der Waals surface area contributed by atoms with E-state index in [4.69, 9.17) is 4.84 Å². The maximum atomic E-state index is 11.6. The Hall–Kier alpha value is -0.420. The van der Waals surface area contributed by atoms with Gasteiger partial charge < -0.3 is 10.2 Å². The summed E-state index contributed by atoms with van der Waals surface area (Å²) in [6, 6.07) is 0. The summed E-state index contributed by atoms with van der Waals surface area (Å²) in [5.41, 5.74) is 0. The van der Waals surface area contributed by atoms with Gasteiger partial charge in [-0.05, 0) is 37.9 Å². The van der Waals surface area contributed by atoms with Gasteiger partial charge in [-0.2, -0.15) is 0 Å². The first kappa shape index (κ1) is 12.0. The molecule has 2 aliphatic heterocycles. The minimum atomic E-state index is -0.277. The second-order valence-electron chi connectivity index (χ2n) is 4.37. The van der Waals surface area contributed by atoms with E-state index in [0.717, 1.165) is 38.1 Å². The van der Waals surface area contributed by atoms with E-state index in [-0.39, 0.29) is 11.5 Å². The van der Waals surface area contributed by atoms with E-state index in [2.05, 4.69) is 5.32 Å². The number of hydrogen-bond donors (Lipinski definition) is 1. The summed E-state index contributed by atoms with van der Waals surface area (Å²) >= 11 is 1.82. The van der Waals surface area contributed by atoms with Crippen LogP contribution < -0.4 is 5.32 Å². The predicted octanol–water partition coefficient (Wildman–Crippen LogP) is 2.36. The fourth-order valence-corrected chi connectivity index (χ4v) is 3.25. The predicted molar refractivity (Wildman–Crippen MR) is 65.1 cm³/mol. The van der Waals surface area contributed by atoms with Crippen LogP contribution in [-0.4, -0.2) is 35.4 Å². The van der Waals surface area contributed by atoms with Crippen LogP contribution in [0.15, 0.2) is 0 Å². The summed E-state index contributed by atoms with van der Waals surface area (Å²) in [6.45, 7) is 1.76. The SMILES string of the molecule is O=C(NC1CCCCS1)ON1CCCCC1. The number of thioether (sulfide) groups is 1. The smallest absolute Gasteiger partial charge is 0.351 e. The zero-order valence-electron chi connectivity index (χ0n) is 9.61. The molecule has 92 valence electrons. The van der Waals surface area contributed by atoms with Crippen LogP contribution in [0.2, 0.25) is 0 Å². The molecule has 0 aromatic carbocycles. The van der Waals surface area contributed by atoms with E-state index >= 15 is 0 Å². The molecule has 1 unspecified atom stereocenters. The first-order valence-electron chi connectivity index (χ1n) is 6.19. The van der Waals surface area contributed by atoms with Crippen LogP contribution in [0.1, 0.15) is 38.5 Å². The Bertz CT molecular complexity index is 204. The molecule has 0 radical (unpaired) electrons. The molecule has 2 rings (SSSR count). The summed E-state index contributed by atoms with van der Waals surface area (Å²) in [6.07, 6.45) is 6.78. The summed E-state index contributed by atoms with van der Waals surface area (Å²) in [5, 5.41) is 4.97. The average molecular weight is 244 g/mol. The van der Waals surface area contributed by atoms with Gasteiger partial charge in [-0.25, -0.2) is 4.79 Å². The highest BCUT2D eigenvalue weighted by molar-refractivity contribution is 7.99. The van der Waals surface area contributed by atoms with Gasteiger partial charge in [-0.1, -0.05) is 6.42 Å². The molecule has 5 heteroatoms. The number of carbonyl (C=O) groups is 1. The van der Waals surface area contributed by atoms with E-state index < -0.39 is 0 Å². The van der Waals surface area contributed by atoms with Crippen LogP contribution in [0.3, 0.4) is 0 Å². The van der Waals surface area contributed by atoms with E-state index in [1.165, 1.54) is 19.3 Å². The molecule has 0 aromatic heterocycles. The monoisotopic (exact) mass is 244 g/mol. The third kappa shape index (κ3) is 3.87. The van der Waals surface area contributed by atoms with Crippen molar-refractivity contribution in [3.8, 4) is 0 Å². The van der Waals surface area contributed by atoms with Crippen molar-refractivity contribution in [2.45, 2.75) is 43.9 Å². The van der Waals surface area contributed by atoms with Gasteiger partial charge in [-0.3, -0.25) is 0 Å². The fraction of sp³-hybridized carbons (Fsp3) is 0.909. The van der Waals surface area contributed by atoms with Gasteiger partial charge in [0.15, 0.2) is 0 Å². The summed E-state index contributed by atoms with van der Waals surface area (Å²) in [7, 11) is 0. The third-order valence-corrected chi connectivity index (χ3v) is 4.27. The number of nitrogens with one attached hydrogen (secondary N) is 1. The molecular weight excluding hydrogens is 224 g/mol. The van der Waals surface area contributed by atoms with Crippen molar-refractivity contribution < 1.29 is 9.63 Å². The zero-order valence-corrected chi connectivity index (χ0v) is 10.4. The topological polar surface area (TPSA) is 41.6 Å². The molecule has 0 spiro atoms. The van der Waals surface area contributed by atoms with Crippen LogP contribution >= 0.6 is 11.8 Å². The van der Waals surface area contributed by atoms with E-state index in [1.807, 2.05) is 11.8 Å². The molecule has 0 aliphatic carbocycles. The molecule has 2 aliphatic rings. The molecule has 0 bridgehead atoms. The lowest BCUT2D eigenvalue weighted by Gasteiger charge is -2.27. The molecule has 1 atom stereocenters. The lowest BCUT2D eigenvalue weighted by Crippen LogP contribution is -2.40. The maximum absolute atomic E-state index is 11.6. The quantitative estimate of drug-likeness (QED) is 0.809. The van der Waals surface area contributed by atoms with Gasteiger partial charge in [-0.15, -0.1) is 16.8 Å². The summed E-state index contributed by atoms with van der Waals surface area (Å²) in [5.74, 6) is 1.15. The first-order chi connectivity index (χ1) is 7.84. The standard InChI is InChI=1S/C11H20N2O2S/c14-11(12-10-6-2-5-9-16-10)15-13-7-3-1-4-8-13/h10H,1-9H2,(H,12,14). The summed E-state index contributed by atoms with van der Waals surface area (Å²) in [4.78, 5) is 16.9. The van der Waals surface area contributed by atoms with Crippen molar-refractivity contribution in [3.63, 3.8) is 0 Å². The fourth-order valence-electron chi connectivity index (χ4n) is 2.09. The highest BCUT2D eigenvalue weighted by Crippen LogP contribution is 2.22. The molecule has 0 saturated carbocycles. The molecule has 2 saturated heterocycles. The zero-order chi connectivity index (χ0) is 11.2. The van der Waals surface area contributed by atoms with Gasteiger partial charge in [0.05, 0.1) is 5.37 Å². The normalized spacial score (nSPS) is 27.4. The Labute approximate surface area is 101 Å². The minimum Gasteiger partial charge on any atom is -0.351 e. The highest BCUT2D eigenvalue weighted by Gasteiger charge is 2.19. The van der Waals surface area contributed by atoms with Crippen molar-refractivity contribution >= 4 is 17.9 Å². The summed E-state index contributed by atoms with van der Waals surface area (Å²) < 4.78 is 0. The van der Waals surface area contributed by atoms with E-state index in [1.54, 1.807) is 5.06 Å². The van der Waals surface area contributed by atoms with Crippen molar-refractivity contribution in [1.29, 1.82) is 0 Å². The average Bonchev–Trinajstić information content (AvgIpc) is 2.31. The van der Waals surface area contributed by atoms with E-state index in [0.29, 0.717) is 0 Å². The molecule has 16 heavy (non-hydrogen) atoms. The Morgan fingerprint density at radius 3 is 2.69 bits per heavy atom. The Balaban J connectivity index is 1.66. The van der Waals surface area contributed by atoms with E-state index in [9.17, 15) is 4.79 Å². The number of rotatable bonds is 2. The number of amides is 1. The van der Waals surface area contributed by atoms with Crippen molar-refractivity contribution in [2.75, 3.05) is 18.8 Å². The molecule has 1 amide bonds. The second kappa shape index (κ2) is 6.35. The molecule has 1 N–H and O–H groups in total. The van der Waals surface area contributed by atoms with Crippen LogP contribution in [-0.2, 0) is 4.84 Å². The van der Waals surface area contributed by atoms with Gasteiger partial charge >= 0.3 is 6.09 Å². The van der Waals surface area contributed by atoms with Crippen LogP contribution in [0.4, 0.5) is 4.79 Å². The lowest BCUT2D eigenvalue weighted by molar-refractivity contribution is -0.111. The van der Waals surface area contributed by atoms with Crippen LogP contribution in [0.25, 0.3) is 0 Å². The number of piperidine rings is 1. The Morgan fingerprint density at radius 1 is 1.19 bits per heavy atom. The maximum Gasteiger partial charge on any atom is 0.427 e. The van der Waals surface area contributed by atoms with Crippen LogP contribution in [0.5, 0.6) is 0 Å². The number of carbonyl (C=O) groups excluding carboxylic acids is 1. The minimum absolute atomic E-state index is 0.256. The molecule has 0 aromatic rings. The van der Waals surface area contributed by atoms with Crippen LogP contribution in [0, 0.1) is 0 Å². The largest absolute Gasteiger partial charge is 0.427 e. The molecule has 2 fully saturated rings.